The Hall–Kier alpha value is -0.860. The number of aliphatic imine (C=N–C) groups is 1. The summed E-state index contributed by atoms with van der Waals surface area (Å²) in [6.07, 6.45) is 3.63. The van der Waals surface area contributed by atoms with Gasteiger partial charge in [-0.25, -0.2) is 0 Å². The Labute approximate surface area is 194 Å². The number of guanidine groups is 1. The summed E-state index contributed by atoms with van der Waals surface area (Å²) in [4.78, 5) is 10.1. The van der Waals surface area contributed by atoms with E-state index >= 15 is 0 Å². The summed E-state index contributed by atoms with van der Waals surface area (Å²) in [7, 11) is 0. The van der Waals surface area contributed by atoms with Crippen molar-refractivity contribution in [3.63, 3.8) is 0 Å². The molecule has 0 aliphatic carbocycles. The van der Waals surface area contributed by atoms with Crippen molar-refractivity contribution in [1.82, 2.24) is 20.4 Å². The van der Waals surface area contributed by atoms with Gasteiger partial charge >= 0.3 is 0 Å². The summed E-state index contributed by atoms with van der Waals surface area (Å²) in [5.41, 5.74) is 1.41. The third kappa shape index (κ3) is 7.72. The van der Waals surface area contributed by atoms with E-state index in [1.54, 1.807) is 0 Å². The van der Waals surface area contributed by atoms with Crippen LogP contribution in [0.1, 0.15) is 45.6 Å². The quantitative estimate of drug-likeness (QED) is 0.333. The monoisotopic (exact) mass is 513 g/mol. The highest BCUT2D eigenvalue weighted by Gasteiger charge is 2.26. The summed E-state index contributed by atoms with van der Waals surface area (Å²) >= 11 is 0. The lowest BCUT2D eigenvalue weighted by Gasteiger charge is -2.38. The van der Waals surface area contributed by atoms with E-state index in [2.05, 4.69) is 71.5 Å². The minimum absolute atomic E-state index is 0. The van der Waals surface area contributed by atoms with Crippen LogP contribution in [0.4, 0.5) is 0 Å². The van der Waals surface area contributed by atoms with Gasteiger partial charge < -0.3 is 15.5 Å². The van der Waals surface area contributed by atoms with Gasteiger partial charge in [-0.3, -0.25) is 9.89 Å². The van der Waals surface area contributed by atoms with Gasteiger partial charge in [-0.15, -0.1) is 24.0 Å². The Morgan fingerprint density at radius 3 is 2.59 bits per heavy atom. The molecule has 2 aliphatic heterocycles. The normalized spacial score (nSPS) is 26.2. The zero-order valence-corrected chi connectivity index (χ0v) is 20.8. The van der Waals surface area contributed by atoms with Gasteiger partial charge in [-0.05, 0) is 57.7 Å². The van der Waals surface area contributed by atoms with E-state index in [1.165, 1.54) is 37.9 Å². The number of benzene rings is 1. The second-order valence-corrected chi connectivity index (χ2v) is 8.44. The first-order valence-corrected chi connectivity index (χ1v) is 11.2. The van der Waals surface area contributed by atoms with E-state index in [9.17, 15) is 0 Å². The fourth-order valence-electron chi connectivity index (χ4n) is 4.49. The van der Waals surface area contributed by atoms with Crippen LogP contribution in [0, 0.1) is 5.92 Å². The SMILES string of the molecule is CCNC(=NCC1CCN(CC)C1)NC1CCN(Cc2ccccc2)C(C)C1.I. The summed E-state index contributed by atoms with van der Waals surface area (Å²) in [5.74, 6) is 1.72. The van der Waals surface area contributed by atoms with Crippen LogP contribution in [-0.2, 0) is 6.54 Å². The number of nitrogens with one attached hydrogen (secondary N) is 2. The molecule has 0 saturated carbocycles. The van der Waals surface area contributed by atoms with Crippen molar-refractivity contribution >= 4 is 29.9 Å². The Balaban J connectivity index is 0.00000300. The number of halogens is 1. The second kappa shape index (κ2) is 12.7. The molecule has 0 amide bonds. The molecule has 2 fully saturated rings. The largest absolute Gasteiger partial charge is 0.357 e. The molecule has 0 spiro atoms. The average Bonchev–Trinajstić information content (AvgIpc) is 3.17. The van der Waals surface area contributed by atoms with Crippen molar-refractivity contribution in [2.45, 2.75) is 58.7 Å². The fraction of sp³-hybridized carbons (Fsp3) is 0.696. The lowest BCUT2D eigenvalue weighted by atomic mass is 9.97. The van der Waals surface area contributed by atoms with Gasteiger partial charge in [0, 0.05) is 44.8 Å². The summed E-state index contributed by atoms with van der Waals surface area (Å²) in [5, 5.41) is 7.18. The van der Waals surface area contributed by atoms with Crippen LogP contribution < -0.4 is 10.6 Å². The van der Waals surface area contributed by atoms with Crippen molar-refractivity contribution < 1.29 is 0 Å². The van der Waals surface area contributed by atoms with Crippen molar-refractivity contribution in [1.29, 1.82) is 0 Å². The number of nitrogens with zero attached hydrogens (tertiary/aromatic N) is 3. The van der Waals surface area contributed by atoms with Crippen molar-refractivity contribution in [2.75, 3.05) is 39.3 Å². The van der Waals surface area contributed by atoms with Crippen LogP contribution in [0.3, 0.4) is 0 Å². The van der Waals surface area contributed by atoms with Gasteiger partial charge in [0.1, 0.15) is 0 Å². The molecule has 3 rings (SSSR count). The van der Waals surface area contributed by atoms with Gasteiger partial charge in [0.2, 0.25) is 0 Å². The van der Waals surface area contributed by atoms with Crippen LogP contribution in [0.25, 0.3) is 0 Å². The molecule has 3 unspecified atom stereocenters. The summed E-state index contributed by atoms with van der Waals surface area (Å²) in [6.45, 7) is 14.4. The first kappa shape index (κ1) is 24.4. The molecule has 1 aromatic rings. The zero-order chi connectivity index (χ0) is 19.8. The summed E-state index contributed by atoms with van der Waals surface area (Å²) < 4.78 is 0. The molecule has 5 nitrogen and oxygen atoms in total. The number of piperidine rings is 1. The lowest BCUT2D eigenvalue weighted by Crippen LogP contribution is -2.51. The van der Waals surface area contributed by atoms with Gasteiger partial charge in [0.25, 0.3) is 0 Å². The molecule has 3 atom stereocenters. The molecule has 2 aliphatic rings. The molecule has 164 valence electrons. The molecule has 29 heavy (non-hydrogen) atoms. The smallest absolute Gasteiger partial charge is 0.191 e. The van der Waals surface area contributed by atoms with Crippen LogP contribution >= 0.6 is 24.0 Å². The maximum atomic E-state index is 4.92. The standard InChI is InChI=1S/C23H39N5.HI/c1-4-24-23(25-16-21-11-13-27(5-2)17-21)26-22-12-14-28(19(3)15-22)18-20-9-7-6-8-10-20;/h6-10,19,21-22H,4-5,11-18H2,1-3H3,(H2,24,25,26);1H. The molecule has 0 aromatic heterocycles. The van der Waals surface area contributed by atoms with E-state index in [1.807, 2.05) is 0 Å². The third-order valence-corrected chi connectivity index (χ3v) is 6.25. The van der Waals surface area contributed by atoms with E-state index < -0.39 is 0 Å². The molecular formula is C23H40IN5. The molecule has 1 aromatic carbocycles. The van der Waals surface area contributed by atoms with Gasteiger partial charge in [-0.1, -0.05) is 37.3 Å². The van der Waals surface area contributed by atoms with E-state index in [0.717, 1.165) is 38.7 Å². The average molecular weight is 514 g/mol. The van der Waals surface area contributed by atoms with Crippen molar-refractivity contribution in [3.05, 3.63) is 35.9 Å². The number of hydrogen-bond donors (Lipinski definition) is 2. The number of rotatable bonds is 7. The molecule has 2 N–H and O–H groups in total. The number of hydrogen-bond acceptors (Lipinski definition) is 3. The molecule has 6 heteroatoms. The maximum Gasteiger partial charge on any atom is 0.191 e. The predicted octanol–water partition coefficient (Wildman–Crippen LogP) is 3.55. The molecular weight excluding hydrogens is 473 g/mol. The Kier molecular flexibility index (Phi) is 10.7. The highest BCUT2D eigenvalue weighted by atomic mass is 127. The maximum absolute atomic E-state index is 4.92. The van der Waals surface area contributed by atoms with Gasteiger partial charge in [0.05, 0.1) is 0 Å². The lowest BCUT2D eigenvalue weighted by molar-refractivity contribution is 0.134. The first-order valence-electron chi connectivity index (χ1n) is 11.2. The van der Waals surface area contributed by atoms with E-state index in [4.69, 9.17) is 4.99 Å². The minimum atomic E-state index is 0. The topological polar surface area (TPSA) is 42.9 Å². The van der Waals surface area contributed by atoms with Crippen molar-refractivity contribution in [2.24, 2.45) is 10.9 Å². The van der Waals surface area contributed by atoms with Gasteiger partial charge in [-0.2, -0.15) is 0 Å². The highest BCUT2D eigenvalue weighted by molar-refractivity contribution is 14.0. The molecule has 0 radical (unpaired) electrons. The van der Waals surface area contributed by atoms with Crippen LogP contribution in [0.2, 0.25) is 0 Å². The molecule has 2 heterocycles. The predicted molar refractivity (Wildman–Crippen MR) is 134 cm³/mol. The van der Waals surface area contributed by atoms with Crippen LogP contribution in [0.5, 0.6) is 0 Å². The molecule has 0 bridgehead atoms. The zero-order valence-electron chi connectivity index (χ0n) is 18.4. The second-order valence-electron chi connectivity index (χ2n) is 8.44. The van der Waals surface area contributed by atoms with Gasteiger partial charge in [0.15, 0.2) is 5.96 Å². The fourth-order valence-corrected chi connectivity index (χ4v) is 4.49. The Morgan fingerprint density at radius 1 is 1.14 bits per heavy atom. The first-order chi connectivity index (χ1) is 13.7. The van der Waals surface area contributed by atoms with Crippen LogP contribution in [0.15, 0.2) is 35.3 Å². The third-order valence-electron chi connectivity index (χ3n) is 6.25. The Bertz CT molecular complexity index is 609. The highest BCUT2D eigenvalue weighted by Crippen LogP contribution is 2.20. The molecule has 2 saturated heterocycles. The minimum Gasteiger partial charge on any atom is -0.357 e. The van der Waals surface area contributed by atoms with E-state index in [0.29, 0.717) is 18.0 Å². The number of likely N-dealkylation sites (tertiary alicyclic amines) is 2. The Morgan fingerprint density at radius 2 is 1.93 bits per heavy atom. The van der Waals surface area contributed by atoms with Crippen LogP contribution in [-0.4, -0.2) is 67.1 Å². The van der Waals surface area contributed by atoms with Crippen molar-refractivity contribution in [3.8, 4) is 0 Å². The van der Waals surface area contributed by atoms with E-state index in [-0.39, 0.29) is 24.0 Å². The summed E-state index contributed by atoms with van der Waals surface area (Å²) in [6, 6.07) is 11.9.